The summed E-state index contributed by atoms with van der Waals surface area (Å²) in [5.41, 5.74) is 0. The molecule has 0 aromatic rings. The smallest absolute Gasteiger partial charge is 0.306 e. The fourth-order valence-corrected chi connectivity index (χ4v) is 5.78. The van der Waals surface area contributed by atoms with E-state index in [4.69, 9.17) is 4.74 Å². The topological polar surface area (TPSA) is 26.3 Å². The molecular weight excluding hydrogens is 460 g/mol. The molecule has 0 saturated carbocycles. The standard InChI is InChI=1S/C33H66O2S/c1-3-5-7-9-11-13-15-17-18-19-21-23-25-27-30-35-33(34)29-32-36-31-28-26-24-22-20-16-14-12-10-8-6-4-2/h3-32H2,1-2H3. The van der Waals surface area contributed by atoms with Gasteiger partial charge in [-0.3, -0.25) is 4.79 Å². The Morgan fingerprint density at radius 1 is 0.444 bits per heavy atom. The summed E-state index contributed by atoms with van der Waals surface area (Å²) in [4.78, 5) is 11.9. The van der Waals surface area contributed by atoms with Gasteiger partial charge in [0.25, 0.3) is 0 Å². The zero-order valence-corrected chi connectivity index (χ0v) is 25.8. The number of thioether (sulfide) groups is 1. The van der Waals surface area contributed by atoms with Crippen molar-refractivity contribution < 1.29 is 9.53 Å². The number of rotatable bonds is 31. The summed E-state index contributed by atoms with van der Waals surface area (Å²) in [6.45, 7) is 5.20. The molecule has 0 radical (unpaired) electrons. The highest BCUT2D eigenvalue weighted by molar-refractivity contribution is 7.99. The molecule has 0 atom stereocenters. The van der Waals surface area contributed by atoms with E-state index >= 15 is 0 Å². The fourth-order valence-electron chi connectivity index (χ4n) is 4.86. The molecular formula is C33H66O2S. The van der Waals surface area contributed by atoms with E-state index in [2.05, 4.69) is 13.8 Å². The van der Waals surface area contributed by atoms with E-state index in [1.807, 2.05) is 11.8 Å². The van der Waals surface area contributed by atoms with Crippen LogP contribution >= 0.6 is 11.8 Å². The lowest BCUT2D eigenvalue weighted by molar-refractivity contribution is -0.143. The van der Waals surface area contributed by atoms with Gasteiger partial charge in [0.2, 0.25) is 0 Å². The Hall–Kier alpha value is -0.180. The third-order valence-corrected chi connectivity index (χ3v) is 8.42. The molecule has 0 fully saturated rings. The van der Waals surface area contributed by atoms with Crippen molar-refractivity contribution in [2.75, 3.05) is 18.1 Å². The monoisotopic (exact) mass is 526 g/mol. The average molecular weight is 527 g/mol. The maximum Gasteiger partial charge on any atom is 0.306 e. The number of esters is 1. The Bertz CT molecular complexity index is 376. The molecule has 0 aliphatic rings. The van der Waals surface area contributed by atoms with E-state index in [1.54, 1.807) is 0 Å². The number of hydrogen-bond donors (Lipinski definition) is 0. The fraction of sp³-hybridized carbons (Fsp3) is 0.970. The minimum absolute atomic E-state index is 0.00638. The van der Waals surface area contributed by atoms with E-state index in [-0.39, 0.29) is 5.97 Å². The van der Waals surface area contributed by atoms with Crippen LogP contribution in [0.2, 0.25) is 0 Å². The summed E-state index contributed by atoms with van der Waals surface area (Å²) < 4.78 is 5.42. The molecule has 2 nitrogen and oxygen atoms in total. The highest BCUT2D eigenvalue weighted by Gasteiger charge is 2.03. The van der Waals surface area contributed by atoms with Crippen LogP contribution in [0, 0.1) is 0 Å². The summed E-state index contributed by atoms with van der Waals surface area (Å²) in [7, 11) is 0. The first-order valence-electron chi connectivity index (χ1n) is 16.5. The van der Waals surface area contributed by atoms with Crippen molar-refractivity contribution in [3.8, 4) is 0 Å². The Balaban J connectivity index is 3.14. The van der Waals surface area contributed by atoms with Crippen LogP contribution in [-0.4, -0.2) is 24.1 Å². The summed E-state index contributed by atoms with van der Waals surface area (Å²) >= 11 is 1.93. The van der Waals surface area contributed by atoms with Gasteiger partial charge in [0.05, 0.1) is 13.0 Å². The van der Waals surface area contributed by atoms with Crippen LogP contribution in [0.25, 0.3) is 0 Å². The predicted molar refractivity (Wildman–Crippen MR) is 164 cm³/mol. The van der Waals surface area contributed by atoms with Crippen molar-refractivity contribution in [1.82, 2.24) is 0 Å². The van der Waals surface area contributed by atoms with Crippen molar-refractivity contribution in [3.63, 3.8) is 0 Å². The van der Waals surface area contributed by atoms with Crippen molar-refractivity contribution in [3.05, 3.63) is 0 Å². The lowest BCUT2D eigenvalue weighted by Gasteiger charge is -2.06. The van der Waals surface area contributed by atoms with E-state index < -0.39 is 0 Å². The first kappa shape index (κ1) is 35.8. The molecule has 0 heterocycles. The highest BCUT2D eigenvalue weighted by atomic mass is 32.2. The van der Waals surface area contributed by atoms with Gasteiger partial charge in [-0.05, 0) is 18.6 Å². The predicted octanol–water partition coefficient (Wildman–Crippen LogP) is 11.8. The van der Waals surface area contributed by atoms with Crippen LogP contribution in [0.3, 0.4) is 0 Å². The number of carbonyl (C=O) groups excluding carboxylic acids is 1. The average Bonchev–Trinajstić information content (AvgIpc) is 2.88. The van der Waals surface area contributed by atoms with Crippen LogP contribution in [-0.2, 0) is 9.53 Å². The molecule has 0 aromatic carbocycles. The highest BCUT2D eigenvalue weighted by Crippen LogP contribution is 2.15. The Labute approximate surface area is 232 Å². The number of ether oxygens (including phenoxy) is 1. The van der Waals surface area contributed by atoms with Gasteiger partial charge in [-0.1, -0.05) is 168 Å². The number of carbonyl (C=O) groups is 1. The number of unbranched alkanes of at least 4 members (excludes halogenated alkanes) is 24. The third-order valence-electron chi connectivity index (χ3n) is 7.35. The zero-order valence-electron chi connectivity index (χ0n) is 24.9. The number of hydrogen-bond acceptors (Lipinski definition) is 3. The second-order valence-corrected chi connectivity index (χ2v) is 12.3. The van der Waals surface area contributed by atoms with Gasteiger partial charge in [0.15, 0.2) is 0 Å². The summed E-state index contributed by atoms with van der Waals surface area (Å²) in [6.07, 6.45) is 36.5. The maximum absolute atomic E-state index is 11.9. The quantitative estimate of drug-likeness (QED) is 0.0663. The molecule has 0 unspecified atom stereocenters. The largest absolute Gasteiger partial charge is 0.466 e. The Morgan fingerprint density at radius 3 is 1.17 bits per heavy atom. The molecule has 0 rings (SSSR count). The van der Waals surface area contributed by atoms with E-state index in [9.17, 15) is 4.79 Å². The molecule has 216 valence electrons. The van der Waals surface area contributed by atoms with Crippen molar-refractivity contribution in [2.45, 2.75) is 187 Å². The molecule has 0 N–H and O–H groups in total. The molecule has 0 aliphatic heterocycles. The summed E-state index contributed by atoms with van der Waals surface area (Å²) in [6, 6.07) is 0. The van der Waals surface area contributed by atoms with Gasteiger partial charge in [-0.25, -0.2) is 0 Å². The van der Waals surface area contributed by atoms with E-state index in [0.29, 0.717) is 13.0 Å². The van der Waals surface area contributed by atoms with Crippen molar-refractivity contribution >= 4 is 17.7 Å². The normalized spacial score (nSPS) is 11.3. The SMILES string of the molecule is CCCCCCCCCCCCCCCCOC(=O)CCSCCCCCCCCCCCCCC. The van der Waals surface area contributed by atoms with Gasteiger partial charge in [-0.2, -0.15) is 11.8 Å². The zero-order chi connectivity index (χ0) is 26.2. The molecule has 3 heteroatoms. The summed E-state index contributed by atoms with van der Waals surface area (Å²) in [5.74, 6) is 2.13. The molecule has 0 amide bonds. The van der Waals surface area contributed by atoms with Gasteiger partial charge < -0.3 is 4.74 Å². The molecule has 0 saturated heterocycles. The second-order valence-electron chi connectivity index (χ2n) is 11.1. The lowest BCUT2D eigenvalue weighted by atomic mass is 10.0. The third kappa shape index (κ3) is 31.8. The Morgan fingerprint density at radius 2 is 0.778 bits per heavy atom. The molecule has 0 aromatic heterocycles. The maximum atomic E-state index is 11.9. The molecule has 0 spiro atoms. The van der Waals surface area contributed by atoms with Crippen molar-refractivity contribution in [2.24, 2.45) is 0 Å². The second kappa shape index (κ2) is 32.8. The van der Waals surface area contributed by atoms with E-state index in [1.165, 1.54) is 166 Å². The minimum Gasteiger partial charge on any atom is -0.466 e. The Kier molecular flexibility index (Phi) is 32.7. The van der Waals surface area contributed by atoms with Gasteiger partial charge in [0, 0.05) is 5.75 Å². The first-order valence-corrected chi connectivity index (χ1v) is 17.7. The lowest BCUT2D eigenvalue weighted by Crippen LogP contribution is -2.07. The van der Waals surface area contributed by atoms with Crippen LogP contribution in [0.15, 0.2) is 0 Å². The van der Waals surface area contributed by atoms with Gasteiger partial charge >= 0.3 is 5.97 Å². The first-order chi connectivity index (χ1) is 17.8. The van der Waals surface area contributed by atoms with Gasteiger partial charge in [-0.15, -0.1) is 0 Å². The van der Waals surface area contributed by atoms with Crippen LogP contribution < -0.4 is 0 Å². The van der Waals surface area contributed by atoms with Crippen LogP contribution in [0.4, 0.5) is 0 Å². The van der Waals surface area contributed by atoms with E-state index in [0.717, 1.165) is 12.2 Å². The minimum atomic E-state index is 0.00638. The molecule has 0 bridgehead atoms. The van der Waals surface area contributed by atoms with Crippen LogP contribution in [0.5, 0.6) is 0 Å². The molecule has 36 heavy (non-hydrogen) atoms. The molecule has 0 aliphatic carbocycles. The van der Waals surface area contributed by atoms with Gasteiger partial charge in [0.1, 0.15) is 0 Å². The summed E-state index contributed by atoms with van der Waals surface area (Å²) in [5, 5.41) is 0. The van der Waals surface area contributed by atoms with Crippen molar-refractivity contribution in [1.29, 1.82) is 0 Å². The van der Waals surface area contributed by atoms with Crippen LogP contribution in [0.1, 0.15) is 187 Å².